The van der Waals surface area contributed by atoms with Crippen molar-refractivity contribution in [2.45, 2.75) is 33.2 Å². The molecule has 0 amide bonds. The molecule has 0 aliphatic rings. The van der Waals surface area contributed by atoms with Gasteiger partial charge in [-0.1, -0.05) is 18.1 Å². The summed E-state index contributed by atoms with van der Waals surface area (Å²) in [4.78, 5) is 4.49. The molecule has 0 unspecified atom stereocenters. The molecule has 1 atom stereocenters. The molecule has 29 heavy (non-hydrogen) atoms. The Morgan fingerprint density at radius 1 is 1.07 bits per heavy atom. The number of hydrogen-bond donors (Lipinski definition) is 0. The zero-order valence-electron chi connectivity index (χ0n) is 18.8. The lowest BCUT2D eigenvalue weighted by atomic mass is 10.0. The molecular weight excluding hydrogens is 387 g/mol. The van der Waals surface area contributed by atoms with Crippen molar-refractivity contribution < 1.29 is 18.3 Å². The van der Waals surface area contributed by atoms with Gasteiger partial charge in [0.25, 0.3) is 0 Å². The van der Waals surface area contributed by atoms with Crippen molar-refractivity contribution in [2.24, 2.45) is 0 Å². The van der Waals surface area contributed by atoms with Gasteiger partial charge in [0.1, 0.15) is 5.75 Å². The van der Waals surface area contributed by atoms with E-state index in [0.717, 1.165) is 25.3 Å². The van der Waals surface area contributed by atoms with Crippen molar-refractivity contribution in [3.8, 4) is 17.6 Å². The van der Waals surface area contributed by atoms with Gasteiger partial charge in [-0.25, -0.2) is 0 Å². The van der Waals surface area contributed by atoms with Gasteiger partial charge in [0.15, 0.2) is 0 Å². The van der Waals surface area contributed by atoms with E-state index in [1.165, 1.54) is 5.56 Å². The highest BCUT2D eigenvalue weighted by molar-refractivity contribution is 7.53. The Labute approximate surface area is 177 Å². The smallest absolute Gasteiger partial charge is 0.334 e. The van der Waals surface area contributed by atoms with E-state index in [1.54, 1.807) is 13.8 Å². The zero-order valence-corrected chi connectivity index (χ0v) is 19.7. The molecule has 1 aromatic carbocycles. The lowest BCUT2D eigenvalue weighted by molar-refractivity contribution is 0.212. The van der Waals surface area contributed by atoms with Gasteiger partial charge in [0, 0.05) is 12.6 Å². The third kappa shape index (κ3) is 10.3. The highest BCUT2D eigenvalue weighted by Gasteiger charge is 2.23. The first-order valence-corrected chi connectivity index (χ1v) is 11.9. The minimum absolute atomic E-state index is 0.241. The first-order valence-electron chi connectivity index (χ1n) is 10.2. The summed E-state index contributed by atoms with van der Waals surface area (Å²) >= 11 is 0. The first kappa shape index (κ1) is 25.7. The summed E-state index contributed by atoms with van der Waals surface area (Å²) in [6, 6.07) is 8.46. The number of ether oxygens (including phenoxy) is 1. The van der Waals surface area contributed by atoms with E-state index in [-0.39, 0.29) is 12.8 Å². The largest absolute Gasteiger partial charge is 0.493 e. The van der Waals surface area contributed by atoms with Crippen molar-refractivity contribution in [2.75, 3.05) is 60.2 Å². The maximum atomic E-state index is 12.5. The zero-order chi connectivity index (χ0) is 21.7. The topological polar surface area (TPSA) is 51.2 Å². The van der Waals surface area contributed by atoms with Crippen molar-refractivity contribution in [3.63, 3.8) is 0 Å². The van der Waals surface area contributed by atoms with Gasteiger partial charge in [-0.15, -0.1) is 5.92 Å². The van der Waals surface area contributed by atoms with Crippen molar-refractivity contribution >= 4 is 7.60 Å². The van der Waals surface area contributed by atoms with Crippen LogP contribution in [0.4, 0.5) is 0 Å². The molecule has 164 valence electrons. The van der Waals surface area contributed by atoms with E-state index in [4.69, 9.17) is 13.8 Å². The second kappa shape index (κ2) is 13.8. The minimum atomic E-state index is -3.07. The van der Waals surface area contributed by atoms with Crippen molar-refractivity contribution in [1.82, 2.24) is 9.80 Å². The summed E-state index contributed by atoms with van der Waals surface area (Å²) in [6.07, 6.45) is 1.18. The monoisotopic (exact) mass is 424 g/mol. The van der Waals surface area contributed by atoms with Crippen LogP contribution in [0.15, 0.2) is 24.3 Å². The maximum Gasteiger partial charge on any atom is 0.334 e. The average Bonchev–Trinajstić information content (AvgIpc) is 2.67. The average molecular weight is 425 g/mol. The van der Waals surface area contributed by atoms with Crippen LogP contribution < -0.4 is 4.74 Å². The number of rotatable bonds is 14. The second-order valence-corrected chi connectivity index (χ2v) is 9.31. The van der Waals surface area contributed by atoms with Crippen LogP contribution in [-0.4, -0.2) is 76.1 Å². The van der Waals surface area contributed by atoms with Crippen LogP contribution in [0, 0.1) is 11.8 Å². The lowest BCUT2D eigenvalue weighted by Crippen LogP contribution is -2.41. The molecule has 0 aliphatic heterocycles. The van der Waals surface area contributed by atoms with Gasteiger partial charge in [0.05, 0.1) is 32.5 Å². The molecule has 0 N–H and O–H groups in total. The fourth-order valence-electron chi connectivity index (χ4n) is 2.94. The van der Waals surface area contributed by atoms with Crippen LogP contribution in [0.2, 0.25) is 0 Å². The van der Waals surface area contributed by atoms with E-state index < -0.39 is 7.60 Å². The summed E-state index contributed by atoms with van der Waals surface area (Å²) in [5.41, 5.74) is 1.25. The van der Waals surface area contributed by atoms with Crippen LogP contribution >= 0.6 is 7.60 Å². The van der Waals surface area contributed by atoms with Gasteiger partial charge < -0.3 is 18.7 Å². The molecular formula is C22H37N2O4P. The van der Waals surface area contributed by atoms with Crippen LogP contribution in [0.5, 0.6) is 5.75 Å². The van der Waals surface area contributed by atoms with Gasteiger partial charge in [0.2, 0.25) is 0 Å². The number of hydrogen-bond acceptors (Lipinski definition) is 6. The Morgan fingerprint density at radius 3 is 2.21 bits per heavy atom. The van der Waals surface area contributed by atoms with Crippen LogP contribution in [0.3, 0.4) is 0 Å². The Balaban J connectivity index is 2.64. The van der Waals surface area contributed by atoms with Crippen LogP contribution in [0.1, 0.15) is 26.3 Å². The summed E-state index contributed by atoms with van der Waals surface area (Å²) < 4.78 is 28.8. The van der Waals surface area contributed by atoms with E-state index in [2.05, 4.69) is 54.9 Å². The highest BCUT2D eigenvalue weighted by atomic mass is 31.2. The highest BCUT2D eigenvalue weighted by Crippen LogP contribution is 2.47. The number of likely N-dealkylation sites (N-methyl/N-ethyl adjacent to an activating group) is 2. The Bertz CT molecular complexity index is 672. The fraction of sp³-hybridized carbons (Fsp3) is 0.636. The molecule has 0 heterocycles. The predicted octanol–water partition coefficient (Wildman–Crippen LogP) is 3.76. The normalized spacial score (nSPS) is 12.7. The maximum absolute atomic E-state index is 12.5. The quantitative estimate of drug-likeness (QED) is 0.335. The lowest BCUT2D eigenvalue weighted by Gasteiger charge is -2.29. The Hall–Kier alpha value is -1.35. The molecule has 0 aromatic heterocycles. The molecule has 0 bridgehead atoms. The van der Waals surface area contributed by atoms with Gasteiger partial charge in [-0.3, -0.25) is 9.46 Å². The molecule has 0 radical (unpaired) electrons. The van der Waals surface area contributed by atoms with E-state index in [1.807, 2.05) is 19.1 Å². The molecule has 1 rings (SSSR count). The van der Waals surface area contributed by atoms with Gasteiger partial charge in [-0.05, 0) is 66.0 Å². The first-order chi connectivity index (χ1) is 13.8. The molecule has 7 heteroatoms. The number of nitrogens with zero attached hydrogens (tertiary/aromatic N) is 2. The summed E-state index contributed by atoms with van der Waals surface area (Å²) in [5.74, 6) is 6.86. The van der Waals surface area contributed by atoms with E-state index in [9.17, 15) is 4.57 Å². The third-order valence-corrected chi connectivity index (χ3v) is 6.42. The van der Waals surface area contributed by atoms with E-state index in [0.29, 0.717) is 19.3 Å². The summed E-state index contributed by atoms with van der Waals surface area (Å²) in [6.45, 7) is 8.21. The van der Waals surface area contributed by atoms with E-state index >= 15 is 0 Å². The van der Waals surface area contributed by atoms with Crippen molar-refractivity contribution in [1.29, 1.82) is 0 Å². The summed E-state index contributed by atoms with van der Waals surface area (Å²) in [5, 5.41) is 0. The molecule has 1 aromatic rings. The van der Waals surface area contributed by atoms with Crippen LogP contribution in [-0.2, 0) is 20.0 Å². The molecule has 0 fully saturated rings. The van der Waals surface area contributed by atoms with Crippen LogP contribution in [0.25, 0.3) is 0 Å². The third-order valence-electron chi connectivity index (χ3n) is 4.38. The van der Waals surface area contributed by atoms with Gasteiger partial charge in [-0.2, -0.15) is 0 Å². The Kier molecular flexibility index (Phi) is 12.2. The SMILES string of the molecule is CC#CCN(C)[C@@H](Cc1ccc(OCCP(=O)(OCC)OCC)cc1)CN(C)C. The summed E-state index contributed by atoms with van der Waals surface area (Å²) in [7, 11) is 3.23. The van der Waals surface area contributed by atoms with Gasteiger partial charge >= 0.3 is 7.60 Å². The minimum Gasteiger partial charge on any atom is -0.493 e. The molecule has 0 saturated heterocycles. The number of benzene rings is 1. The molecule has 6 nitrogen and oxygen atoms in total. The van der Waals surface area contributed by atoms with Crippen molar-refractivity contribution in [3.05, 3.63) is 29.8 Å². The standard InChI is InChI=1S/C22H37N2O4P/c1-7-10-15-24(6)21(19-23(4)5)18-20-11-13-22(14-12-20)26-16-17-29(25,27-8-2)28-9-3/h11-14,21H,8-9,15-19H2,1-6H3/t21-/m0/s1. The fourth-order valence-corrected chi connectivity index (χ4v) is 4.38. The molecule has 0 saturated carbocycles. The second-order valence-electron chi connectivity index (χ2n) is 7.12. The predicted molar refractivity (Wildman–Crippen MR) is 120 cm³/mol. The Morgan fingerprint density at radius 2 is 1.69 bits per heavy atom. The molecule has 0 aliphatic carbocycles. The molecule has 0 spiro atoms.